The van der Waals surface area contributed by atoms with Gasteiger partial charge in [0.1, 0.15) is 0 Å². The van der Waals surface area contributed by atoms with Gasteiger partial charge >= 0.3 is 0 Å². The van der Waals surface area contributed by atoms with Gasteiger partial charge in [-0.05, 0) is 67.4 Å². The lowest BCUT2D eigenvalue weighted by Gasteiger charge is -2.24. The molecule has 0 unspecified atom stereocenters. The van der Waals surface area contributed by atoms with Gasteiger partial charge in [0.2, 0.25) is 0 Å². The maximum Gasteiger partial charge on any atom is 0.264 e. The van der Waals surface area contributed by atoms with Crippen LogP contribution >= 0.6 is 15.9 Å². The SMILES string of the molecule is C[C@@H]1Cc2cc(C(=O)Nc3cccc(Br)c3)ccc2N1S(=O)(=O)c1ccccc1. The molecule has 1 atom stereocenters. The average Bonchev–Trinajstić information content (AvgIpc) is 3.04. The molecule has 4 rings (SSSR count). The van der Waals surface area contributed by atoms with E-state index in [1.165, 1.54) is 4.31 Å². The number of rotatable bonds is 4. The second-order valence-electron chi connectivity index (χ2n) is 6.98. The number of hydrogen-bond acceptors (Lipinski definition) is 3. The molecule has 1 N–H and O–H groups in total. The maximum atomic E-state index is 13.1. The summed E-state index contributed by atoms with van der Waals surface area (Å²) in [4.78, 5) is 12.9. The number of halogens is 1. The van der Waals surface area contributed by atoms with Crippen LogP contribution < -0.4 is 9.62 Å². The predicted octanol–water partition coefficient (Wildman–Crippen LogP) is 4.84. The van der Waals surface area contributed by atoms with Gasteiger partial charge in [-0.15, -0.1) is 0 Å². The molecule has 3 aromatic rings. The summed E-state index contributed by atoms with van der Waals surface area (Å²) in [5.74, 6) is -0.233. The van der Waals surface area contributed by atoms with Crippen LogP contribution in [0.15, 0.2) is 82.2 Å². The van der Waals surface area contributed by atoms with Gasteiger partial charge in [0.05, 0.1) is 10.6 Å². The summed E-state index contributed by atoms with van der Waals surface area (Å²) in [6, 6.07) is 20.7. The summed E-state index contributed by atoms with van der Waals surface area (Å²) >= 11 is 3.39. The zero-order chi connectivity index (χ0) is 20.6. The molecule has 0 saturated heterocycles. The quantitative estimate of drug-likeness (QED) is 0.592. The van der Waals surface area contributed by atoms with E-state index in [9.17, 15) is 13.2 Å². The van der Waals surface area contributed by atoms with Gasteiger partial charge in [-0.25, -0.2) is 8.42 Å². The number of hydrogen-bond donors (Lipinski definition) is 1. The molecule has 29 heavy (non-hydrogen) atoms. The molecule has 0 spiro atoms. The minimum absolute atomic E-state index is 0.224. The average molecular weight is 471 g/mol. The summed E-state index contributed by atoms with van der Waals surface area (Å²) in [5.41, 5.74) is 2.65. The highest BCUT2D eigenvalue weighted by Gasteiger charge is 2.36. The highest BCUT2D eigenvalue weighted by Crippen LogP contribution is 2.37. The minimum atomic E-state index is -3.66. The van der Waals surface area contributed by atoms with E-state index in [4.69, 9.17) is 0 Å². The van der Waals surface area contributed by atoms with E-state index in [-0.39, 0.29) is 16.8 Å². The van der Waals surface area contributed by atoms with Crippen molar-refractivity contribution >= 4 is 43.2 Å². The van der Waals surface area contributed by atoms with Crippen molar-refractivity contribution < 1.29 is 13.2 Å². The van der Waals surface area contributed by atoms with Crippen LogP contribution in [0.3, 0.4) is 0 Å². The second-order valence-corrected chi connectivity index (χ2v) is 9.71. The summed E-state index contributed by atoms with van der Waals surface area (Å²) in [5, 5.41) is 2.87. The number of nitrogens with zero attached hydrogens (tertiary/aromatic N) is 1. The molecule has 148 valence electrons. The monoisotopic (exact) mass is 470 g/mol. The zero-order valence-electron chi connectivity index (χ0n) is 15.7. The van der Waals surface area contributed by atoms with E-state index in [1.54, 1.807) is 48.5 Å². The molecular weight excluding hydrogens is 452 g/mol. The first-order valence-corrected chi connectivity index (χ1v) is 11.4. The second kappa shape index (κ2) is 7.65. The van der Waals surface area contributed by atoms with Crippen molar-refractivity contribution in [3.05, 3.63) is 88.4 Å². The number of nitrogens with one attached hydrogen (secondary N) is 1. The van der Waals surface area contributed by atoms with Crippen molar-refractivity contribution in [2.75, 3.05) is 9.62 Å². The molecule has 0 aliphatic carbocycles. The minimum Gasteiger partial charge on any atom is -0.322 e. The van der Waals surface area contributed by atoms with Gasteiger partial charge in [0, 0.05) is 21.8 Å². The van der Waals surface area contributed by atoms with Crippen molar-refractivity contribution in [2.45, 2.75) is 24.3 Å². The fourth-order valence-corrected chi connectivity index (χ4v) is 5.70. The maximum absolute atomic E-state index is 13.1. The van der Waals surface area contributed by atoms with Crippen LogP contribution in [0.4, 0.5) is 11.4 Å². The predicted molar refractivity (Wildman–Crippen MR) is 118 cm³/mol. The van der Waals surface area contributed by atoms with Gasteiger partial charge < -0.3 is 5.32 Å². The number of anilines is 2. The Labute approximate surface area is 178 Å². The molecule has 7 heteroatoms. The molecule has 0 bridgehead atoms. The van der Waals surface area contributed by atoms with Crippen molar-refractivity contribution in [3.63, 3.8) is 0 Å². The van der Waals surface area contributed by atoms with Crippen LogP contribution in [-0.4, -0.2) is 20.4 Å². The molecule has 1 amide bonds. The van der Waals surface area contributed by atoms with Gasteiger partial charge in [-0.2, -0.15) is 0 Å². The van der Waals surface area contributed by atoms with E-state index < -0.39 is 10.0 Å². The number of amides is 1. The highest BCUT2D eigenvalue weighted by molar-refractivity contribution is 9.10. The normalized spacial score (nSPS) is 15.8. The standard InChI is InChI=1S/C22H19BrN2O3S/c1-15-12-17-13-16(22(26)24-19-7-5-6-18(23)14-19)10-11-21(17)25(15)29(27,28)20-8-3-2-4-9-20/h2-11,13-15H,12H2,1H3,(H,24,26)/t15-/m1/s1. The van der Waals surface area contributed by atoms with E-state index in [1.807, 2.05) is 31.2 Å². The zero-order valence-corrected chi connectivity index (χ0v) is 18.1. The number of carbonyl (C=O) groups excluding carboxylic acids is 1. The van der Waals surface area contributed by atoms with Gasteiger partial charge in [0.25, 0.3) is 15.9 Å². The lowest BCUT2D eigenvalue weighted by Crippen LogP contribution is -2.35. The fraction of sp³-hybridized carbons (Fsp3) is 0.136. The molecule has 1 aliphatic rings. The topological polar surface area (TPSA) is 66.5 Å². The van der Waals surface area contributed by atoms with E-state index in [0.29, 0.717) is 23.4 Å². The van der Waals surface area contributed by atoms with Crippen LogP contribution in [0.25, 0.3) is 0 Å². The van der Waals surface area contributed by atoms with Crippen LogP contribution in [0.2, 0.25) is 0 Å². The third-order valence-electron chi connectivity index (χ3n) is 4.88. The summed E-state index contributed by atoms with van der Waals surface area (Å²) < 4.78 is 28.6. The largest absolute Gasteiger partial charge is 0.322 e. The van der Waals surface area contributed by atoms with Crippen molar-refractivity contribution in [1.29, 1.82) is 0 Å². The van der Waals surface area contributed by atoms with Crippen LogP contribution in [-0.2, 0) is 16.4 Å². The van der Waals surface area contributed by atoms with Gasteiger partial charge in [-0.3, -0.25) is 9.10 Å². The first-order chi connectivity index (χ1) is 13.9. The molecule has 0 radical (unpaired) electrons. The Balaban J connectivity index is 1.63. The molecule has 1 heterocycles. The Kier molecular flexibility index (Phi) is 5.19. The van der Waals surface area contributed by atoms with E-state index >= 15 is 0 Å². The Bertz CT molecular complexity index is 1180. The van der Waals surface area contributed by atoms with Gasteiger partial charge in [0.15, 0.2) is 0 Å². The molecule has 0 fully saturated rings. The lowest BCUT2D eigenvalue weighted by molar-refractivity contribution is 0.102. The molecule has 1 aliphatic heterocycles. The Morgan fingerprint density at radius 2 is 1.79 bits per heavy atom. The Hall–Kier alpha value is -2.64. The molecular formula is C22H19BrN2O3S. The van der Waals surface area contributed by atoms with Crippen molar-refractivity contribution in [1.82, 2.24) is 0 Å². The van der Waals surface area contributed by atoms with Crippen LogP contribution in [0.1, 0.15) is 22.8 Å². The smallest absolute Gasteiger partial charge is 0.264 e. The number of fused-ring (bicyclic) bond motifs is 1. The van der Waals surface area contributed by atoms with Crippen LogP contribution in [0.5, 0.6) is 0 Å². The van der Waals surface area contributed by atoms with E-state index in [0.717, 1.165) is 10.0 Å². The molecule has 0 saturated carbocycles. The van der Waals surface area contributed by atoms with E-state index in [2.05, 4.69) is 21.2 Å². The Morgan fingerprint density at radius 3 is 2.52 bits per heavy atom. The number of sulfonamides is 1. The van der Waals surface area contributed by atoms with Crippen LogP contribution in [0, 0.1) is 0 Å². The molecule has 3 aromatic carbocycles. The summed E-state index contributed by atoms with van der Waals surface area (Å²) in [7, 11) is -3.66. The van der Waals surface area contributed by atoms with Crippen molar-refractivity contribution in [2.24, 2.45) is 0 Å². The summed E-state index contributed by atoms with van der Waals surface area (Å²) in [6.45, 7) is 1.88. The van der Waals surface area contributed by atoms with Gasteiger partial charge in [-0.1, -0.05) is 40.2 Å². The fourth-order valence-electron chi connectivity index (χ4n) is 3.59. The number of carbonyl (C=O) groups is 1. The summed E-state index contributed by atoms with van der Waals surface area (Å²) in [6.07, 6.45) is 0.555. The Morgan fingerprint density at radius 1 is 1.03 bits per heavy atom. The lowest BCUT2D eigenvalue weighted by atomic mass is 10.1. The first-order valence-electron chi connectivity index (χ1n) is 9.15. The van der Waals surface area contributed by atoms with Crippen molar-refractivity contribution in [3.8, 4) is 0 Å². The number of benzene rings is 3. The highest BCUT2D eigenvalue weighted by atomic mass is 79.9. The third kappa shape index (κ3) is 3.80. The molecule has 0 aromatic heterocycles. The first kappa shape index (κ1) is 19.7. The molecule has 5 nitrogen and oxygen atoms in total. The third-order valence-corrected chi connectivity index (χ3v) is 7.31.